The Kier molecular flexibility index (Phi) is 6.20. The molecule has 7 nitrogen and oxygen atoms in total. The second kappa shape index (κ2) is 7.66. The number of carboxylic acids is 1. The van der Waals surface area contributed by atoms with E-state index in [1.165, 1.54) is 0 Å². The van der Waals surface area contributed by atoms with Crippen molar-refractivity contribution in [3.8, 4) is 0 Å². The van der Waals surface area contributed by atoms with E-state index in [1.54, 1.807) is 10.9 Å². The normalized spacial score (nSPS) is 11.2. The Balaban J connectivity index is 2.37. The maximum atomic E-state index is 11.7. The summed E-state index contributed by atoms with van der Waals surface area (Å²) in [4.78, 5) is 23.0. The second-order valence-corrected chi connectivity index (χ2v) is 5.10. The van der Waals surface area contributed by atoms with Crippen molar-refractivity contribution in [2.24, 2.45) is 12.5 Å². The van der Waals surface area contributed by atoms with E-state index < -0.39 is 11.4 Å². The molecule has 1 rings (SSSR count). The van der Waals surface area contributed by atoms with Gasteiger partial charge in [0.05, 0.1) is 5.41 Å². The summed E-state index contributed by atoms with van der Waals surface area (Å²) in [5.41, 5.74) is 0.136. The van der Waals surface area contributed by atoms with Crippen molar-refractivity contribution in [3.63, 3.8) is 0 Å². The van der Waals surface area contributed by atoms with Crippen LogP contribution in [0, 0.1) is 5.41 Å². The van der Waals surface area contributed by atoms with Crippen molar-refractivity contribution in [1.29, 1.82) is 0 Å². The number of carbonyl (C=O) groups excluding carboxylic acids is 1. The topological polar surface area (TPSA) is 96.3 Å². The van der Waals surface area contributed by atoms with Gasteiger partial charge in [-0.2, -0.15) is 5.10 Å². The van der Waals surface area contributed by atoms with Crippen molar-refractivity contribution >= 4 is 12.0 Å². The molecule has 0 atom stereocenters. The lowest BCUT2D eigenvalue weighted by Gasteiger charge is -2.26. The van der Waals surface area contributed by atoms with E-state index >= 15 is 0 Å². The number of urea groups is 1. The third kappa shape index (κ3) is 4.47. The highest BCUT2D eigenvalue weighted by Crippen LogP contribution is 2.25. The summed E-state index contributed by atoms with van der Waals surface area (Å²) in [6.45, 7) is 4.25. The van der Waals surface area contributed by atoms with Gasteiger partial charge in [0.2, 0.25) is 0 Å². The lowest BCUT2D eigenvalue weighted by atomic mass is 9.82. The molecule has 21 heavy (non-hydrogen) atoms. The largest absolute Gasteiger partial charge is 0.481 e. The van der Waals surface area contributed by atoms with E-state index in [0.717, 1.165) is 5.69 Å². The Labute approximate surface area is 124 Å². The monoisotopic (exact) mass is 296 g/mol. The number of hydrogen-bond donors (Lipinski definition) is 3. The number of nitrogens with zero attached hydrogens (tertiary/aromatic N) is 2. The first kappa shape index (κ1) is 17.0. The third-order valence-electron chi connectivity index (χ3n) is 3.98. The summed E-state index contributed by atoms with van der Waals surface area (Å²) < 4.78 is 1.75. The molecule has 0 spiro atoms. The fourth-order valence-corrected chi connectivity index (χ4v) is 2.14. The van der Waals surface area contributed by atoms with Gasteiger partial charge >= 0.3 is 12.0 Å². The fourth-order valence-electron chi connectivity index (χ4n) is 2.14. The minimum absolute atomic E-state index is 0.132. The molecule has 0 bridgehead atoms. The van der Waals surface area contributed by atoms with Gasteiger partial charge in [0, 0.05) is 38.4 Å². The highest BCUT2D eigenvalue weighted by atomic mass is 16.4. The van der Waals surface area contributed by atoms with Crippen molar-refractivity contribution in [1.82, 2.24) is 20.4 Å². The molecule has 1 aromatic rings. The summed E-state index contributed by atoms with van der Waals surface area (Å²) in [5.74, 6) is -0.873. The van der Waals surface area contributed by atoms with Crippen LogP contribution < -0.4 is 10.6 Å². The number of hydrogen-bond acceptors (Lipinski definition) is 3. The zero-order valence-electron chi connectivity index (χ0n) is 12.8. The Morgan fingerprint density at radius 1 is 1.33 bits per heavy atom. The number of aromatic nitrogens is 2. The molecule has 7 heteroatoms. The molecule has 0 radical (unpaired) electrons. The average molecular weight is 296 g/mol. The molecular formula is C14H24N4O3. The van der Waals surface area contributed by atoms with Gasteiger partial charge < -0.3 is 15.7 Å². The summed E-state index contributed by atoms with van der Waals surface area (Å²) in [6.07, 6.45) is 3.34. The molecule has 2 amide bonds. The van der Waals surface area contributed by atoms with E-state index in [9.17, 15) is 14.7 Å². The van der Waals surface area contributed by atoms with Gasteiger partial charge in [-0.25, -0.2) is 4.79 Å². The number of carbonyl (C=O) groups is 2. The van der Waals surface area contributed by atoms with Gasteiger partial charge in [0.25, 0.3) is 0 Å². The SMILES string of the molecule is CCC(CC)(CNC(=O)NCCc1ccnn1C)C(=O)O. The predicted molar refractivity (Wildman–Crippen MR) is 79.0 cm³/mol. The average Bonchev–Trinajstić information content (AvgIpc) is 2.86. The number of carboxylic acid groups (broad SMARTS) is 1. The minimum atomic E-state index is -0.890. The van der Waals surface area contributed by atoms with Crippen LogP contribution in [0.3, 0.4) is 0 Å². The van der Waals surface area contributed by atoms with Gasteiger partial charge in [0.1, 0.15) is 0 Å². The predicted octanol–water partition coefficient (Wildman–Crippen LogP) is 1.15. The Hall–Kier alpha value is -2.05. The summed E-state index contributed by atoms with van der Waals surface area (Å²) in [5, 5.41) is 18.7. The zero-order chi connectivity index (χ0) is 15.9. The Morgan fingerprint density at radius 3 is 2.48 bits per heavy atom. The molecule has 0 aliphatic rings. The Bertz CT molecular complexity index is 480. The molecular weight excluding hydrogens is 272 g/mol. The van der Waals surface area contributed by atoms with Crippen LogP contribution >= 0.6 is 0 Å². The van der Waals surface area contributed by atoms with Crippen LogP contribution in [0.2, 0.25) is 0 Å². The van der Waals surface area contributed by atoms with Crippen LogP contribution in [0.5, 0.6) is 0 Å². The number of aliphatic carboxylic acids is 1. The molecule has 0 fully saturated rings. The quantitative estimate of drug-likeness (QED) is 0.670. The molecule has 3 N–H and O–H groups in total. The lowest BCUT2D eigenvalue weighted by Crippen LogP contribution is -2.46. The molecule has 0 saturated heterocycles. The van der Waals surface area contributed by atoms with Crippen molar-refractivity contribution in [2.75, 3.05) is 13.1 Å². The van der Waals surface area contributed by atoms with Gasteiger partial charge in [-0.1, -0.05) is 13.8 Å². The Morgan fingerprint density at radius 2 is 2.00 bits per heavy atom. The molecule has 0 saturated carbocycles. The van der Waals surface area contributed by atoms with Gasteiger partial charge in [-0.3, -0.25) is 9.48 Å². The first-order valence-corrected chi connectivity index (χ1v) is 7.17. The van der Waals surface area contributed by atoms with Crippen molar-refractivity contribution in [2.45, 2.75) is 33.1 Å². The first-order chi connectivity index (χ1) is 9.95. The highest BCUT2D eigenvalue weighted by Gasteiger charge is 2.35. The van der Waals surface area contributed by atoms with E-state index in [4.69, 9.17) is 0 Å². The lowest BCUT2D eigenvalue weighted by molar-refractivity contribution is -0.149. The van der Waals surface area contributed by atoms with Crippen molar-refractivity contribution < 1.29 is 14.7 Å². The van der Waals surface area contributed by atoms with Crippen LogP contribution in [0.4, 0.5) is 4.79 Å². The molecule has 0 unspecified atom stereocenters. The number of amides is 2. The molecule has 0 aromatic carbocycles. The highest BCUT2D eigenvalue weighted by molar-refractivity contribution is 5.78. The number of rotatable bonds is 8. The van der Waals surface area contributed by atoms with Crippen LogP contribution in [0.1, 0.15) is 32.4 Å². The van der Waals surface area contributed by atoms with E-state index in [2.05, 4.69) is 15.7 Å². The molecule has 0 aliphatic carbocycles. The second-order valence-electron chi connectivity index (χ2n) is 5.10. The van der Waals surface area contributed by atoms with E-state index in [1.807, 2.05) is 27.0 Å². The van der Waals surface area contributed by atoms with Gasteiger partial charge in [-0.15, -0.1) is 0 Å². The van der Waals surface area contributed by atoms with Gasteiger partial charge in [-0.05, 0) is 18.9 Å². The van der Waals surface area contributed by atoms with Crippen molar-refractivity contribution in [3.05, 3.63) is 18.0 Å². The molecule has 1 heterocycles. The van der Waals surface area contributed by atoms with Crippen LogP contribution in [0.25, 0.3) is 0 Å². The first-order valence-electron chi connectivity index (χ1n) is 7.17. The number of aryl methyl sites for hydroxylation is 1. The van der Waals surface area contributed by atoms with Crippen LogP contribution in [-0.2, 0) is 18.3 Å². The summed E-state index contributed by atoms with van der Waals surface area (Å²) >= 11 is 0. The van der Waals surface area contributed by atoms with Crippen LogP contribution in [0.15, 0.2) is 12.3 Å². The van der Waals surface area contributed by atoms with Crippen LogP contribution in [-0.4, -0.2) is 40.0 Å². The summed E-state index contributed by atoms with van der Waals surface area (Å²) in [7, 11) is 1.85. The third-order valence-corrected chi connectivity index (χ3v) is 3.98. The maximum absolute atomic E-state index is 11.7. The van der Waals surface area contributed by atoms with Gasteiger partial charge in [0.15, 0.2) is 0 Å². The zero-order valence-corrected chi connectivity index (χ0v) is 12.8. The fraction of sp³-hybridized carbons (Fsp3) is 0.643. The maximum Gasteiger partial charge on any atom is 0.314 e. The van der Waals surface area contributed by atoms with E-state index in [-0.39, 0.29) is 12.6 Å². The minimum Gasteiger partial charge on any atom is -0.481 e. The molecule has 118 valence electrons. The standard InChI is InChI=1S/C14H24N4O3/c1-4-14(5-2,12(19)20)10-16-13(21)15-8-6-11-7-9-17-18(11)3/h7,9H,4-6,8,10H2,1-3H3,(H,19,20)(H2,15,16,21). The number of nitrogens with one attached hydrogen (secondary N) is 2. The summed E-state index contributed by atoms with van der Waals surface area (Å²) in [6, 6.07) is 1.55. The molecule has 0 aliphatic heterocycles. The molecule has 1 aromatic heterocycles. The van der Waals surface area contributed by atoms with E-state index in [0.29, 0.717) is 25.8 Å². The smallest absolute Gasteiger partial charge is 0.314 e.